The summed E-state index contributed by atoms with van der Waals surface area (Å²) in [6.07, 6.45) is 6.11. The number of methoxy groups -OCH3 is 1. The molecule has 0 unspecified atom stereocenters. The standard InChI is InChI=1S/C18H23N3O3/c1-4-24-15-11-14-13(10-12(15)6-7-16(22)23-3)20-17(21(14)2)18(19)8-5-9-18/h6-7,10-11H,4-5,8-9,19H2,1-3H3. The topological polar surface area (TPSA) is 79.4 Å². The lowest BCUT2D eigenvalue weighted by Gasteiger charge is -2.37. The Morgan fingerprint density at radius 2 is 2.21 bits per heavy atom. The maximum Gasteiger partial charge on any atom is 0.330 e. The Balaban J connectivity index is 2.09. The minimum atomic E-state index is -0.408. The SMILES string of the molecule is CCOc1cc2c(cc1C=CC(=O)OC)nc(C1(N)CCC1)n2C. The molecule has 1 aliphatic carbocycles. The highest BCUT2D eigenvalue weighted by atomic mass is 16.5. The van der Waals surface area contributed by atoms with Gasteiger partial charge in [0.25, 0.3) is 0 Å². The van der Waals surface area contributed by atoms with Gasteiger partial charge in [0.15, 0.2) is 0 Å². The Morgan fingerprint density at radius 1 is 1.46 bits per heavy atom. The molecular formula is C18H23N3O3. The van der Waals surface area contributed by atoms with Crippen LogP contribution >= 0.6 is 0 Å². The first-order valence-electron chi connectivity index (χ1n) is 8.17. The minimum Gasteiger partial charge on any atom is -0.493 e. The lowest BCUT2D eigenvalue weighted by molar-refractivity contribution is -0.134. The molecule has 1 aromatic carbocycles. The zero-order valence-corrected chi connectivity index (χ0v) is 14.3. The molecule has 1 fully saturated rings. The summed E-state index contributed by atoms with van der Waals surface area (Å²) in [6, 6.07) is 3.87. The molecule has 0 spiro atoms. The van der Waals surface area contributed by atoms with Gasteiger partial charge in [-0.3, -0.25) is 0 Å². The predicted octanol–water partition coefficient (Wildman–Crippen LogP) is 2.50. The fraction of sp³-hybridized carbons (Fsp3) is 0.444. The van der Waals surface area contributed by atoms with Crippen molar-refractivity contribution in [1.82, 2.24) is 9.55 Å². The van der Waals surface area contributed by atoms with Crippen molar-refractivity contribution in [3.63, 3.8) is 0 Å². The molecule has 0 aliphatic heterocycles. The maximum atomic E-state index is 11.4. The number of nitrogens with two attached hydrogens (primary N) is 1. The Morgan fingerprint density at radius 3 is 2.79 bits per heavy atom. The minimum absolute atomic E-state index is 0.332. The van der Waals surface area contributed by atoms with Crippen LogP contribution in [0.25, 0.3) is 17.1 Å². The van der Waals surface area contributed by atoms with E-state index in [4.69, 9.17) is 15.5 Å². The number of aromatic nitrogens is 2. The fourth-order valence-corrected chi connectivity index (χ4v) is 3.10. The summed E-state index contributed by atoms with van der Waals surface area (Å²) < 4.78 is 12.4. The third kappa shape index (κ3) is 2.78. The lowest BCUT2D eigenvalue weighted by atomic mass is 9.77. The number of benzene rings is 1. The van der Waals surface area contributed by atoms with E-state index in [1.54, 1.807) is 6.08 Å². The van der Waals surface area contributed by atoms with Gasteiger partial charge in [-0.05, 0) is 38.3 Å². The summed E-state index contributed by atoms with van der Waals surface area (Å²) >= 11 is 0. The summed E-state index contributed by atoms with van der Waals surface area (Å²) in [5, 5.41) is 0. The molecule has 2 aromatic rings. The smallest absolute Gasteiger partial charge is 0.330 e. The average Bonchev–Trinajstić information content (AvgIpc) is 2.87. The van der Waals surface area contributed by atoms with Gasteiger partial charge in [0.2, 0.25) is 0 Å². The molecule has 3 rings (SSSR count). The van der Waals surface area contributed by atoms with E-state index in [0.717, 1.165) is 41.7 Å². The van der Waals surface area contributed by atoms with Crippen molar-refractivity contribution in [1.29, 1.82) is 0 Å². The van der Waals surface area contributed by atoms with Gasteiger partial charge >= 0.3 is 5.97 Å². The second kappa shape index (κ2) is 6.28. The number of aryl methyl sites for hydroxylation is 1. The number of nitrogens with zero attached hydrogens (tertiary/aromatic N) is 2. The van der Waals surface area contributed by atoms with E-state index < -0.39 is 5.97 Å². The zero-order valence-electron chi connectivity index (χ0n) is 14.3. The predicted molar refractivity (Wildman–Crippen MR) is 92.6 cm³/mol. The van der Waals surface area contributed by atoms with Crippen molar-refractivity contribution in [2.24, 2.45) is 12.8 Å². The fourth-order valence-electron chi connectivity index (χ4n) is 3.10. The monoisotopic (exact) mass is 329 g/mol. The number of ether oxygens (including phenoxy) is 2. The quantitative estimate of drug-likeness (QED) is 0.673. The third-order valence-corrected chi connectivity index (χ3v) is 4.60. The van der Waals surface area contributed by atoms with E-state index in [1.165, 1.54) is 13.2 Å². The molecule has 0 saturated heterocycles. The van der Waals surface area contributed by atoms with Crippen molar-refractivity contribution in [3.8, 4) is 5.75 Å². The Hall–Kier alpha value is -2.34. The molecule has 128 valence electrons. The first-order valence-corrected chi connectivity index (χ1v) is 8.17. The van der Waals surface area contributed by atoms with Crippen LogP contribution in [0.5, 0.6) is 5.75 Å². The molecule has 1 heterocycles. The summed E-state index contributed by atoms with van der Waals surface area (Å²) in [5.74, 6) is 1.20. The van der Waals surface area contributed by atoms with Gasteiger partial charge in [0, 0.05) is 24.8 Å². The lowest BCUT2D eigenvalue weighted by Crippen LogP contribution is -2.45. The van der Waals surface area contributed by atoms with Crippen LogP contribution in [0, 0.1) is 0 Å². The van der Waals surface area contributed by atoms with Gasteiger partial charge in [-0.1, -0.05) is 0 Å². The van der Waals surface area contributed by atoms with E-state index >= 15 is 0 Å². The molecule has 1 aliphatic rings. The van der Waals surface area contributed by atoms with E-state index in [-0.39, 0.29) is 5.54 Å². The molecule has 24 heavy (non-hydrogen) atoms. The summed E-state index contributed by atoms with van der Waals surface area (Å²) in [7, 11) is 3.33. The number of carbonyl (C=O) groups is 1. The van der Waals surface area contributed by atoms with Crippen LogP contribution in [0.3, 0.4) is 0 Å². The normalized spacial score (nSPS) is 16.3. The van der Waals surface area contributed by atoms with Crippen LogP contribution in [-0.4, -0.2) is 29.2 Å². The summed E-state index contributed by atoms with van der Waals surface area (Å²) in [4.78, 5) is 16.1. The second-order valence-corrected chi connectivity index (χ2v) is 6.17. The molecule has 0 radical (unpaired) electrons. The molecule has 0 bridgehead atoms. The van der Waals surface area contributed by atoms with E-state index in [0.29, 0.717) is 12.4 Å². The number of imidazole rings is 1. The molecule has 6 heteroatoms. The summed E-state index contributed by atoms with van der Waals surface area (Å²) in [6.45, 7) is 2.46. The number of fused-ring (bicyclic) bond motifs is 1. The molecule has 1 aromatic heterocycles. The maximum absolute atomic E-state index is 11.4. The first-order chi connectivity index (χ1) is 11.5. The van der Waals surface area contributed by atoms with Crippen molar-refractivity contribution in [2.45, 2.75) is 31.7 Å². The van der Waals surface area contributed by atoms with Gasteiger partial charge in [-0.2, -0.15) is 0 Å². The Kier molecular flexibility index (Phi) is 4.32. The van der Waals surface area contributed by atoms with Gasteiger partial charge in [0.05, 0.1) is 30.3 Å². The number of hydrogen-bond acceptors (Lipinski definition) is 5. The van der Waals surface area contributed by atoms with Crippen LogP contribution < -0.4 is 10.5 Å². The van der Waals surface area contributed by atoms with Gasteiger partial charge in [0.1, 0.15) is 11.6 Å². The number of hydrogen-bond donors (Lipinski definition) is 1. The van der Waals surface area contributed by atoms with Crippen molar-refractivity contribution < 1.29 is 14.3 Å². The van der Waals surface area contributed by atoms with E-state index in [2.05, 4.69) is 4.74 Å². The first kappa shape index (κ1) is 16.5. The highest BCUT2D eigenvalue weighted by Crippen LogP contribution is 2.39. The van der Waals surface area contributed by atoms with Crippen LogP contribution in [-0.2, 0) is 22.1 Å². The van der Waals surface area contributed by atoms with E-state index in [9.17, 15) is 4.79 Å². The molecule has 0 atom stereocenters. The Labute approximate surface area is 141 Å². The number of rotatable bonds is 5. The highest BCUT2D eigenvalue weighted by Gasteiger charge is 2.38. The molecule has 0 amide bonds. The second-order valence-electron chi connectivity index (χ2n) is 6.17. The average molecular weight is 329 g/mol. The van der Waals surface area contributed by atoms with Gasteiger partial charge in [-0.15, -0.1) is 0 Å². The van der Waals surface area contributed by atoms with E-state index in [1.807, 2.05) is 30.7 Å². The molecule has 1 saturated carbocycles. The summed E-state index contributed by atoms with van der Waals surface area (Å²) in [5.41, 5.74) is 8.73. The van der Waals surface area contributed by atoms with Crippen molar-refractivity contribution >= 4 is 23.1 Å². The number of esters is 1. The Bertz CT molecular complexity index is 803. The largest absolute Gasteiger partial charge is 0.493 e. The van der Waals surface area contributed by atoms with Gasteiger partial charge in [-0.25, -0.2) is 9.78 Å². The molecule has 6 nitrogen and oxygen atoms in total. The highest BCUT2D eigenvalue weighted by molar-refractivity contribution is 5.89. The molecular weight excluding hydrogens is 306 g/mol. The van der Waals surface area contributed by atoms with Crippen LogP contribution in [0.1, 0.15) is 37.6 Å². The van der Waals surface area contributed by atoms with Crippen molar-refractivity contribution in [3.05, 3.63) is 29.6 Å². The van der Waals surface area contributed by atoms with Crippen LogP contribution in [0.2, 0.25) is 0 Å². The zero-order chi connectivity index (χ0) is 17.3. The molecule has 2 N–H and O–H groups in total. The van der Waals surface area contributed by atoms with Crippen LogP contribution in [0.4, 0.5) is 0 Å². The van der Waals surface area contributed by atoms with Crippen LogP contribution in [0.15, 0.2) is 18.2 Å². The number of carbonyl (C=O) groups excluding carboxylic acids is 1. The van der Waals surface area contributed by atoms with Gasteiger partial charge < -0.3 is 19.8 Å². The van der Waals surface area contributed by atoms with Crippen molar-refractivity contribution in [2.75, 3.05) is 13.7 Å². The third-order valence-electron chi connectivity index (χ3n) is 4.60.